The van der Waals surface area contributed by atoms with Gasteiger partial charge >= 0.3 is 0 Å². The molecule has 1 aliphatic rings. The summed E-state index contributed by atoms with van der Waals surface area (Å²) in [6, 6.07) is 0. The topological polar surface area (TPSA) is 39.7 Å². The second-order valence-electron chi connectivity index (χ2n) is 7.02. The number of hydrogen-bond donors (Lipinski definition) is 2. The Morgan fingerprint density at radius 1 is 1.35 bits per heavy atom. The molecule has 4 nitrogen and oxygen atoms in total. The maximum atomic E-state index is 4.33. The van der Waals surface area contributed by atoms with Gasteiger partial charge in [-0.05, 0) is 38.8 Å². The van der Waals surface area contributed by atoms with Crippen LogP contribution in [0, 0.1) is 11.8 Å². The van der Waals surface area contributed by atoms with Crippen LogP contribution in [0.5, 0.6) is 0 Å². The predicted octanol–water partition coefficient (Wildman–Crippen LogP) is 2.32. The molecule has 0 aromatic carbocycles. The summed E-state index contributed by atoms with van der Waals surface area (Å²) in [4.78, 5) is 6.74. The molecule has 0 heterocycles. The largest absolute Gasteiger partial charge is 0.356 e. The molecule has 2 atom stereocenters. The van der Waals surface area contributed by atoms with Crippen LogP contribution in [0.25, 0.3) is 0 Å². The Morgan fingerprint density at radius 3 is 2.55 bits per heavy atom. The van der Waals surface area contributed by atoms with Gasteiger partial charge in [0.25, 0.3) is 0 Å². The number of nitrogens with one attached hydrogen (secondary N) is 2. The number of aliphatic imine (C=N–C) groups is 1. The van der Waals surface area contributed by atoms with E-state index in [0.717, 1.165) is 25.0 Å². The van der Waals surface area contributed by atoms with Gasteiger partial charge in [-0.3, -0.25) is 4.99 Å². The van der Waals surface area contributed by atoms with E-state index < -0.39 is 0 Å². The molecule has 0 radical (unpaired) electrons. The van der Waals surface area contributed by atoms with Crippen molar-refractivity contribution in [2.24, 2.45) is 16.8 Å². The van der Waals surface area contributed by atoms with E-state index in [4.69, 9.17) is 0 Å². The normalized spacial score (nSPS) is 28.0. The minimum absolute atomic E-state index is 0.271. The van der Waals surface area contributed by atoms with Gasteiger partial charge in [0.1, 0.15) is 0 Å². The third kappa shape index (κ3) is 4.97. The van der Waals surface area contributed by atoms with E-state index in [0.29, 0.717) is 5.92 Å². The number of nitrogens with zero attached hydrogens (tertiary/aromatic N) is 2. The minimum Gasteiger partial charge on any atom is -0.356 e. The second kappa shape index (κ2) is 7.87. The monoisotopic (exact) mass is 282 g/mol. The zero-order valence-electron chi connectivity index (χ0n) is 14.3. The quantitative estimate of drug-likeness (QED) is 0.600. The van der Waals surface area contributed by atoms with Gasteiger partial charge in [0.05, 0.1) is 0 Å². The summed E-state index contributed by atoms with van der Waals surface area (Å²) in [5.74, 6) is 2.38. The summed E-state index contributed by atoms with van der Waals surface area (Å²) >= 11 is 0. The van der Waals surface area contributed by atoms with Gasteiger partial charge in [-0.2, -0.15) is 0 Å². The molecule has 1 fully saturated rings. The highest BCUT2D eigenvalue weighted by Gasteiger charge is 2.36. The molecule has 1 rings (SSSR count). The van der Waals surface area contributed by atoms with Crippen molar-refractivity contribution >= 4 is 5.96 Å². The molecular formula is C16H34N4. The van der Waals surface area contributed by atoms with Crippen LogP contribution in [0.2, 0.25) is 0 Å². The number of hydrogen-bond acceptors (Lipinski definition) is 2. The molecule has 4 heteroatoms. The summed E-state index contributed by atoms with van der Waals surface area (Å²) in [6.07, 6.45) is 5.25. The molecule has 118 valence electrons. The van der Waals surface area contributed by atoms with Gasteiger partial charge in [-0.25, -0.2) is 0 Å². The average molecular weight is 282 g/mol. The van der Waals surface area contributed by atoms with Crippen molar-refractivity contribution in [1.82, 2.24) is 15.5 Å². The van der Waals surface area contributed by atoms with E-state index in [9.17, 15) is 0 Å². The first-order valence-corrected chi connectivity index (χ1v) is 8.01. The standard InChI is InChI=1S/C16H34N4/c1-13(2)11-18-15(17-4)19-12-16(20(5)6)9-7-8-14(3)10-16/h13-14H,7-12H2,1-6H3,(H2,17,18,19). The van der Waals surface area contributed by atoms with E-state index in [1.54, 1.807) is 0 Å². The number of rotatable bonds is 5. The van der Waals surface area contributed by atoms with Gasteiger partial charge in [-0.15, -0.1) is 0 Å². The van der Waals surface area contributed by atoms with Crippen molar-refractivity contribution in [3.63, 3.8) is 0 Å². The zero-order chi connectivity index (χ0) is 15.2. The Kier molecular flexibility index (Phi) is 6.80. The molecule has 20 heavy (non-hydrogen) atoms. The maximum absolute atomic E-state index is 4.33. The summed E-state index contributed by atoms with van der Waals surface area (Å²) in [5, 5.41) is 6.93. The highest BCUT2D eigenvalue weighted by molar-refractivity contribution is 5.79. The highest BCUT2D eigenvalue weighted by Crippen LogP contribution is 2.35. The van der Waals surface area contributed by atoms with Crippen molar-refractivity contribution in [2.45, 2.75) is 52.0 Å². The molecule has 2 N–H and O–H groups in total. The fourth-order valence-electron chi connectivity index (χ4n) is 3.13. The van der Waals surface area contributed by atoms with Crippen molar-refractivity contribution in [2.75, 3.05) is 34.2 Å². The molecule has 0 aliphatic heterocycles. The molecule has 1 saturated carbocycles. The van der Waals surface area contributed by atoms with E-state index in [1.165, 1.54) is 25.7 Å². The lowest BCUT2D eigenvalue weighted by Crippen LogP contribution is -2.56. The van der Waals surface area contributed by atoms with Crippen molar-refractivity contribution in [3.05, 3.63) is 0 Å². The number of likely N-dealkylation sites (N-methyl/N-ethyl adjacent to an activating group) is 1. The fourth-order valence-corrected chi connectivity index (χ4v) is 3.13. The summed E-state index contributed by atoms with van der Waals surface area (Å²) < 4.78 is 0. The van der Waals surface area contributed by atoms with Crippen molar-refractivity contribution < 1.29 is 0 Å². The number of guanidine groups is 1. The lowest BCUT2D eigenvalue weighted by Gasteiger charge is -2.45. The Hall–Kier alpha value is -0.770. The van der Waals surface area contributed by atoms with Crippen molar-refractivity contribution in [1.29, 1.82) is 0 Å². The zero-order valence-corrected chi connectivity index (χ0v) is 14.3. The molecule has 0 aromatic heterocycles. The van der Waals surface area contributed by atoms with Crippen LogP contribution < -0.4 is 10.6 Å². The summed E-state index contributed by atoms with van der Waals surface area (Å²) in [6.45, 7) is 8.74. The van der Waals surface area contributed by atoms with Crippen LogP contribution >= 0.6 is 0 Å². The van der Waals surface area contributed by atoms with E-state index in [2.05, 4.69) is 55.4 Å². The minimum atomic E-state index is 0.271. The van der Waals surface area contributed by atoms with Gasteiger partial charge in [0.15, 0.2) is 5.96 Å². The first-order chi connectivity index (χ1) is 9.39. The molecule has 0 amide bonds. The van der Waals surface area contributed by atoms with Gasteiger partial charge < -0.3 is 15.5 Å². The molecule has 0 saturated heterocycles. The Labute approximate surface area is 125 Å². The second-order valence-corrected chi connectivity index (χ2v) is 7.02. The van der Waals surface area contributed by atoms with Gasteiger partial charge in [-0.1, -0.05) is 33.6 Å². The van der Waals surface area contributed by atoms with Crippen LogP contribution in [0.1, 0.15) is 46.5 Å². The first-order valence-electron chi connectivity index (χ1n) is 8.01. The third-order valence-corrected chi connectivity index (χ3v) is 4.50. The molecule has 1 aliphatic carbocycles. The molecule has 0 spiro atoms. The highest BCUT2D eigenvalue weighted by atomic mass is 15.2. The average Bonchev–Trinajstić information content (AvgIpc) is 2.38. The fraction of sp³-hybridized carbons (Fsp3) is 0.938. The van der Waals surface area contributed by atoms with Crippen LogP contribution in [-0.2, 0) is 0 Å². The van der Waals surface area contributed by atoms with E-state index in [-0.39, 0.29) is 5.54 Å². The van der Waals surface area contributed by atoms with Crippen LogP contribution in [0.15, 0.2) is 4.99 Å². The molecule has 0 bridgehead atoms. The first kappa shape index (κ1) is 17.3. The van der Waals surface area contributed by atoms with Crippen LogP contribution in [0.4, 0.5) is 0 Å². The van der Waals surface area contributed by atoms with Gasteiger partial charge in [0, 0.05) is 25.7 Å². The lowest BCUT2D eigenvalue weighted by molar-refractivity contribution is 0.0795. The molecule has 0 aromatic rings. The summed E-state index contributed by atoms with van der Waals surface area (Å²) in [7, 11) is 6.27. The van der Waals surface area contributed by atoms with E-state index >= 15 is 0 Å². The Bertz CT molecular complexity index is 312. The predicted molar refractivity (Wildman–Crippen MR) is 88.3 cm³/mol. The maximum Gasteiger partial charge on any atom is 0.191 e. The third-order valence-electron chi connectivity index (χ3n) is 4.50. The van der Waals surface area contributed by atoms with E-state index in [1.807, 2.05) is 7.05 Å². The van der Waals surface area contributed by atoms with Gasteiger partial charge in [0.2, 0.25) is 0 Å². The lowest BCUT2D eigenvalue weighted by atomic mass is 9.75. The Morgan fingerprint density at radius 2 is 2.05 bits per heavy atom. The van der Waals surface area contributed by atoms with Crippen molar-refractivity contribution in [3.8, 4) is 0 Å². The SMILES string of the molecule is CN=C(NCC(C)C)NCC1(N(C)C)CCCC(C)C1. The Balaban J connectivity index is 2.58. The van der Waals surface area contributed by atoms with Crippen LogP contribution in [-0.4, -0.2) is 50.6 Å². The molecule has 2 unspecified atom stereocenters. The smallest absolute Gasteiger partial charge is 0.191 e. The molecular weight excluding hydrogens is 248 g/mol. The van der Waals surface area contributed by atoms with Crippen LogP contribution in [0.3, 0.4) is 0 Å². The summed E-state index contributed by atoms with van der Waals surface area (Å²) in [5.41, 5.74) is 0.271.